The van der Waals surface area contributed by atoms with Gasteiger partial charge in [-0.15, -0.1) is 0 Å². The average molecular weight is 385 g/mol. The van der Waals surface area contributed by atoms with Gasteiger partial charge in [0.25, 0.3) is 12.3 Å². The second-order valence-electron chi connectivity index (χ2n) is 5.29. The molecule has 5 nitrogen and oxygen atoms in total. The SMILES string of the molecule is Cn1ncc2c(C(=O)NCC(F)F)cc(-c3ccc(Cl)cc3Cl)nc21. The number of hydrogen-bond donors (Lipinski definition) is 1. The highest BCUT2D eigenvalue weighted by Gasteiger charge is 2.18. The third-order valence-electron chi connectivity index (χ3n) is 3.57. The van der Waals surface area contributed by atoms with Crippen LogP contribution in [0.5, 0.6) is 0 Å². The van der Waals surface area contributed by atoms with Gasteiger partial charge in [0.1, 0.15) is 0 Å². The first-order chi connectivity index (χ1) is 11.9. The molecular weight excluding hydrogens is 373 g/mol. The zero-order valence-electron chi connectivity index (χ0n) is 12.9. The topological polar surface area (TPSA) is 59.8 Å². The summed E-state index contributed by atoms with van der Waals surface area (Å²) in [6, 6.07) is 6.38. The fourth-order valence-corrected chi connectivity index (χ4v) is 2.91. The van der Waals surface area contributed by atoms with Crippen LogP contribution in [0.4, 0.5) is 8.78 Å². The molecular formula is C16H12Cl2F2N4O. The summed E-state index contributed by atoms with van der Waals surface area (Å²) in [6.07, 6.45) is -1.17. The van der Waals surface area contributed by atoms with Crippen LogP contribution in [0, 0.1) is 0 Å². The summed E-state index contributed by atoms with van der Waals surface area (Å²) in [6.45, 7) is -0.736. The molecule has 9 heteroatoms. The number of benzene rings is 1. The van der Waals surface area contributed by atoms with Crippen LogP contribution >= 0.6 is 23.2 Å². The molecule has 25 heavy (non-hydrogen) atoms. The summed E-state index contributed by atoms with van der Waals surface area (Å²) in [5, 5.41) is 7.56. The highest BCUT2D eigenvalue weighted by Crippen LogP contribution is 2.31. The molecule has 1 aromatic carbocycles. The first kappa shape index (κ1) is 17.6. The van der Waals surface area contributed by atoms with Gasteiger partial charge in [-0.25, -0.2) is 13.8 Å². The van der Waals surface area contributed by atoms with Crippen LogP contribution in [-0.2, 0) is 7.05 Å². The minimum Gasteiger partial charge on any atom is -0.346 e. The van der Waals surface area contributed by atoms with Crippen molar-refractivity contribution in [2.24, 2.45) is 7.05 Å². The van der Waals surface area contributed by atoms with Crippen molar-refractivity contribution >= 4 is 40.1 Å². The molecule has 3 aromatic rings. The molecule has 0 radical (unpaired) electrons. The predicted octanol–water partition coefficient (Wildman–Crippen LogP) is 3.94. The maximum Gasteiger partial charge on any atom is 0.255 e. The summed E-state index contributed by atoms with van der Waals surface area (Å²) in [7, 11) is 1.67. The van der Waals surface area contributed by atoms with E-state index in [1.54, 1.807) is 25.2 Å². The molecule has 1 N–H and O–H groups in total. The van der Waals surface area contributed by atoms with Gasteiger partial charge >= 0.3 is 0 Å². The number of carbonyl (C=O) groups is 1. The van der Waals surface area contributed by atoms with E-state index in [1.807, 2.05) is 0 Å². The lowest BCUT2D eigenvalue weighted by Crippen LogP contribution is -2.28. The Labute approximate surface area is 151 Å². The molecule has 2 aromatic heterocycles. The zero-order valence-corrected chi connectivity index (χ0v) is 14.4. The average Bonchev–Trinajstić information content (AvgIpc) is 2.93. The highest BCUT2D eigenvalue weighted by molar-refractivity contribution is 6.36. The van der Waals surface area contributed by atoms with Crippen molar-refractivity contribution in [2.75, 3.05) is 6.54 Å². The minimum atomic E-state index is -2.64. The van der Waals surface area contributed by atoms with E-state index >= 15 is 0 Å². The van der Waals surface area contributed by atoms with Gasteiger partial charge in [-0.05, 0) is 24.3 Å². The third-order valence-corrected chi connectivity index (χ3v) is 4.12. The van der Waals surface area contributed by atoms with Crippen LogP contribution in [0.1, 0.15) is 10.4 Å². The van der Waals surface area contributed by atoms with Crippen molar-refractivity contribution in [1.29, 1.82) is 0 Å². The van der Waals surface area contributed by atoms with Crippen LogP contribution in [0.2, 0.25) is 10.0 Å². The van der Waals surface area contributed by atoms with E-state index in [0.29, 0.717) is 32.3 Å². The van der Waals surface area contributed by atoms with Crippen molar-refractivity contribution in [3.63, 3.8) is 0 Å². The molecule has 0 atom stereocenters. The summed E-state index contributed by atoms with van der Waals surface area (Å²) in [5.41, 5.74) is 1.61. The molecule has 1 amide bonds. The molecule has 0 saturated heterocycles. The maximum absolute atomic E-state index is 12.4. The van der Waals surface area contributed by atoms with E-state index in [9.17, 15) is 13.6 Å². The number of aryl methyl sites for hydroxylation is 1. The first-order valence-electron chi connectivity index (χ1n) is 7.21. The van der Waals surface area contributed by atoms with Crippen LogP contribution in [0.25, 0.3) is 22.3 Å². The lowest BCUT2D eigenvalue weighted by atomic mass is 10.1. The normalized spacial score (nSPS) is 11.3. The molecule has 0 spiro atoms. The van der Waals surface area contributed by atoms with E-state index in [4.69, 9.17) is 23.2 Å². The Balaban J connectivity index is 2.14. The standard InChI is InChI=1S/C16H12Cl2F2N4O/c1-24-15-11(6-22-24)10(16(25)21-7-14(19)20)5-13(23-15)9-3-2-8(17)4-12(9)18/h2-6,14H,7H2,1H3,(H,21,25). The molecule has 0 unspecified atom stereocenters. The Kier molecular flexibility index (Phi) is 4.87. The summed E-state index contributed by atoms with van der Waals surface area (Å²) >= 11 is 12.1. The van der Waals surface area contributed by atoms with Crippen molar-refractivity contribution in [2.45, 2.75) is 6.43 Å². The largest absolute Gasteiger partial charge is 0.346 e. The second-order valence-corrected chi connectivity index (χ2v) is 6.13. The molecule has 0 saturated carbocycles. The minimum absolute atomic E-state index is 0.194. The Morgan fingerprint density at radius 1 is 1.32 bits per heavy atom. The van der Waals surface area contributed by atoms with E-state index in [1.165, 1.54) is 16.9 Å². The van der Waals surface area contributed by atoms with Crippen molar-refractivity contribution in [3.8, 4) is 11.3 Å². The molecule has 130 valence electrons. The summed E-state index contributed by atoms with van der Waals surface area (Å²) in [4.78, 5) is 16.8. The van der Waals surface area contributed by atoms with E-state index < -0.39 is 18.9 Å². The zero-order chi connectivity index (χ0) is 18.1. The smallest absolute Gasteiger partial charge is 0.255 e. The number of carbonyl (C=O) groups excluding carboxylic acids is 1. The molecule has 0 aliphatic rings. The van der Waals surface area contributed by atoms with Gasteiger partial charge in [-0.3, -0.25) is 9.48 Å². The molecule has 0 fully saturated rings. The fourth-order valence-electron chi connectivity index (χ4n) is 2.40. The van der Waals surface area contributed by atoms with Crippen LogP contribution in [0.15, 0.2) is 30.5 Å². The van der Waals surface area contributed by atoms with Gasteiger partial charge in [-0.1, -0.05) is 23.2 Å². The number of halogens is 4. The second kappa shape index (κ2) is 6.93. The number of hydrogen-bond acceptors (Lipinski definition) is 3. The summed E-state index contributed by atoms with van der Waals surface area (Å²) in [5.74, 6) is -0.632. The van der Waals surface area contributed by atoms with Crippen LogP contribution in [-0.4, -0.2) is 33.6 Å². The van der Waals surface area contributed by atoms with Gasteiger partial charge in [0.2, 0.25) is 0 Å². The molecule has 0 bridgehead atoms. The Morgan fingerprint density at radius 3 is 2.76 bits per heavy atom. The van der Waals surface area contributed by atoms with Gasteiger partial charge in [0.05, 0.1) is 34.4 Å². The number of nitrogens with zero attached hydrogens (tertiary/aromatic N) is 3. The molecule has 3 rings (SSSR count). The number of nitrogens with one attached hydrogen (secondary N) is 1. The number of amides is 1. The number of fused-ring (bicyclic) bond motifs is 1. The van der Waals surface area contributed by atoms with E-state index in [0.717, 1.165) is 0 Å². The fraction of sp³-hybridized carbons (Fsp3) is 0.188. The Bertz CT molecular complexity index is 959. The molecule has 0 aliphatic carbocycles. The van der Waals surface area contributed by atoms with Gasteiger partial charge in [0, 0.05) is 17.6 Å². The van der Waals surface area contributed by atoms with Crippen LogP contribution in [0.3, 0.4) is 0 Å². The third kappa shape index (κ3) is 3.57. The quantitative estimate of drug-likeness (QED) is 0.740. The van der Waals surface area contributed by atoms with E-state index in [2.05, 4.69) is 15.4 Å². The van der Waals surface area contributed by atoms with Gasteiger partial charge in [0.15, 0.2) is 5.65 Å². The van der Waals surface area contributed by atoms with Gasteiger partial charge in [-0.2, -0.15) is 5.10 Å². The van der Waals surface area contributed by atoms with Crippen molar-refractivity contribution in [3.05, 3.63) is 46.1 Å². The number of pyridine rings is 1. The van der Waals surface area contributed by atoms with Crippen molar-refractivity contribution < 1.29 is 13.6 Å². The number of aromatic nitrogens is 3. The molecule has 2 heterocycles. The predicted molar refractivity (Wildman–Crippen MR) is 92.3 cm³/mol. The monoisotopic (exact) mass is 384 g/mol. The number of rotatable bonds is 4. The van der Waals surface area contributed by atoms with Gasteiger partial charge < -0.3 is 5.32 Å². The van der Waals surface area contributed by atoms with Crippen molar-refractivity contribution in [1.82, 2.24) is 20.1 Å². The Morgan fingerprint density at radius 2 is 2.08 bits per heavy atom. The lowest BCUT2D eigenvalue weighted by molar-refractivity contribution is 0.0893. The Hall–Kier alpha value is -2.25. The first-order valence-corrected chi connectivity index (χ1v) is 7.97. The number of alkyl halides is 2. The molecule has 0 aliphatic heterocycles. The van der Waals surface area contributed by atoms with Crippen LogP contribution < -0.4 is 5.32 Å². The maximum atomic E-state index is 12.4. The lowest BCUT2D eigenvalue weighted by Gasteiger charge is -2.10. The summed E-state index contributed by atoms with van der Waals surface area (Å²) < 4.78 is 26.3. The highest BCUT2D eigenvalue weighted by atomic mass is 35.5. The van der Waals surface area contributed by atoms with E-state index in [-0.39, 0.29) is 5.56 Å².